The van der Waals surface area contributed by atoms with E-state index in [0.29, 0.717) is 5.41 Å². The minimum atomic E-state index is 0.560. The summed E-state index contributed by atoms with van der Waals surface area (Å²) in [6.07, 6.45) is 8.40. The van der Waals surface area contributed by atoms with Crippen molar-refractivity contribution in [1.82, 2.24) is 10.2 Å². The molecule has 0 amide bonds. The van der Waals surface area contributed by atoms with Crippen LogP contribution in [0.1, 0.15) is 66.2 Å². The van der Waals surface area contributed by atoms with E-state index in [1.54, 1.807) is 0 Å². The van der Waals surface area contributed by atoms with Crippen LogP contribution in [0.2, 0.25) is 0 Å². The normalized spacial score (nSPS) is 34.9. The molecule has 2 aliphatic rings. The molecule has 124 valence electrons. The maximum Gasteiger partial charge on any atom is 0.0105 e. The molecule has 2 rings (SSSR count). The van der Waals surface area contributed by atoms with Crippen molar-refractivity contribution in [3.8, 4) is 0 Å². The largest absolute Gasteiger partial charge is 0.317 e. The fraction of sp³-hybridized carbons (Fsp3) is 1.00. The van der Waals surface area contributed by atoms with Gasteiger partial charge in [0.1, 0.15) is 0 Å². The maximum atomic E-state index is 3.61. The molecule has 1 aliphatic heterocycles. The number of hydrogen-bond acceptors (Lipinski definition) is 2. The van der Waals surface area contributed by atoms with Crippen molar-refractivity contribution in [3.63, 3.8) is 0 Å². The topological polar surface area (TPSA) is 15.3 Å². The third kappa shape index (κ3) is 4.96. The smallest absolute Gasteiger partial charge is 0.0105 e. The van der Waals surface area contributed by atoms with Gasteiger partial charge in [-0.2, -0.15) is 0 Å². The van der Waals surface area contributed by atoms with Crippen molar-refractivity contribution in [3.05, 3.63) is 0 Å². The van der Waals surface area contributed by atoms with Gasteiger partial charge in [0.2, 0.25) is 0 Å². The first kappa shape index (κ1) is 17.3. The maximum absolute atomic E-state index is 3.61. The summed E-state index contributed by atoms with van der Waals surface area (Å²) >= 11 is 0. The second-order valence-electron chi connectivity index (χ2n) is 8.79. The highest BCUT2D eigenvalue weighted by atomic mass is 15.1. The minimum absolute atomic E-state index is 0.560. The molecule has 1 aliphatic carbocycles. The van der Waals surface area contributed by atoms with Gasteiger partial charge < -0.3 is 10.2 Å². The van der Waals surface area contributed by atoms with Crippen molar-refractivity contribution in [2.75, 3.05) is 26.7 Å². The Labute approximate surface area is 133 Å². The predicted molar refractivity (Wildman–Crippen MR) is 92.6 cm³/mol. The number of likely N-dealkylation sites (tertiary alicyclic amines) is 1. The average molecular weight is 295 g/mol. The highest BCUT2D eigenvalue weighted by molar-refractivity contribution is 4.88. The van der Waals surface area contributed by atoms with Crippen LogP contribution in [0.15, 0.2) is 0 Å². The Bertz CT molecular complexity index is 311. The molecule has 2 fully saturated rings. The van der Waals surface area contributed by atoms with Crippen LogP contribution in [-0.2, 0) is 0 Å². The standard InChI is InChI=1S/C19H38N2/c1-15(2)16-7-8-18(20-5)17(13-16)14-21-11-6-9-19(3,4)10-12-21/h15-18,20H,6-14H2,1-5H3. The van der Waals surface area contributed by atoms with Crippen LogP contribution >= 0.6 is 0 Å². The van der Waals surface area contributed by atoms with Crippen LogP contribution in [-0.4, -0.2) is 37.6 Å². The number of hydrogen-bond donors (Lipinski definition) is 1. The second-order valence-corrected chi connectivity index (χ2v) is 8.79. The molecular weight excluding hydrogens is 256 g/mol. The number of nitrogens with zero attached hydrogens (tertiary/aromatic N) is 1. The Morgan fingerprint density at radius 2 is 1.90 bits per heavy atom. The Kier molecular flexibility index (Phi) is 6.14. The Morgan fingerprint density at radius 3 is 2.57 bits per heavy atom. The summed E-state index contributed by atoms with van der Waals surface area (Å²) in [7, 11) is 2.17. The molecule has 21 heavy (non-hydrogen) atoms. The van der Waals surface area contributed by atoms with E-state index in [2.05, 4.69) is 45.0 Å². The summed E-state index contributed by atoms with van der Waals surface area (Å²) in [5, 5.41) is 3.61. The molecule has 0 aromatic rings. The summed E-state index contributed by atoms with van der Waals surface area (Å²) in [5.74, 6) is 2.66. The fourth-order valence-electron chi connectivity index (χ4n) is 4.48. The number of nitrogens with one attached hydrogen (secondary N) is 1. The lowest BCUT2D eigenvalue weighted by Crippen LogP contribution is -2.45. The van der Waals surface area contributed by atoms with Crippen molar-refractivity contribution in [2.45, 2.75) is 72.3 Å². The second kappa shape index (κ2) is 7.46. The van der Waals surface area contributed by atoms with E-state index in [1.807, 2.05) is 0 Å². The third-order valence-corrected chi connectivity index (χ3v) is 6.26. The van der Waals surface area contributed by atoms with Gasteiger partial charge in [-0.3, -0.25) is 0 Å². The Morgan fingerprint density at radius 1 is 1.14 bits per heavy atom. The summed E-state index contributed by atoms with van der Waals surface area (Å²) in [6.45, 7) is 13.7. The zero-order valence-electron chi connectivity index (χ0n) is 15.1. The predicted octanol–water partition coefficient (Wildman–Crippen LogP) is 4.16. The molecule has 0 aromatic heterocycles. The quantitative estimate of drug-likeness (QED) is 0.837. The Balaban J connectivity index is 1.91. The van der Waals surface area contributed by atoms with Gasteiger partial charge in [0.25, 0.3) is 0 Å². The minimum Gasteiger partial charge on any atom is -0.317 e. The molecule has 0 radical (unpaired) electrons. The fourth-order valence-corrected chi connectivity index (χ4v) is 4.48. The van der Waals surface area contributed by atoms with Crippen LogP contribution in [0.3, 0.4) is 0 Å². The first-order valence-corrected chi connectivity index (χ1v) is 9.31. The van der Waals surface area contributed by atoms with Crippen LogP contribution in [0.4, 0.5) is 0 Å². The van der Waals surface area contributed by atoms with Crippen LogP contribution in [0.25, 0.3) is 0 Å². The van der Waals surface area contributed by atoms with Gasteiger partial charge in [-0.25, -0.2) is 0 Å². The molecule has 1 saturated carbocycles. The summed E-state index contributed by atoms with van der Waals surface area (Å²) in [5.41, 5.74) is 0.560. The molecular formula is C19H38N2. The molecule has 2 heteroatoms. The van der Waals surface area contributed by atoms with Gasteiger partial charge in [0.05, 0.1) is 0 Å². The molecule has 2 nitrogen and oxygen atoms in total. The Hall–Kier alpha value is -0.0800. The van der Waals surface area contributed by atoms with Crippen molar-refractivity contribution < 1.29 is 0 Å². The van der Waals surface area contributed by atoms with Gasteiger partial charge >= 0.3 is 0 Å². The molecule has 0 bridgehead atoms. The summed E-state index contributed by atoms with van der Waals surface area (Å²) < 4.78 is 0. The average Bonchev–Trinajstić information content (AvgIpc) is 2.60. The van der Waals surface area contributed by atoms with Crippen molar-refractivity contribution in [2.24, 2.45) is 23.2 Å². The first-order chi connectivity index (χ1) is 9.91. The van der Waals surface area contributed by atoms with Crippen LogP contribution < -0.4 is 5.32 Å². The van der Waals surface area contributed by atoms with Gasteiger partial charge in [0.15, 0.2) is 0 Å². The lowest BCUT2D eigenvalue weighted by molar-refractivity contribution is 0.124. The molecule has 1 saturated heterocycles. The van der Waals surface area contributed by atoms with Crippen LogP contribution in [0.5, 0.6) is 0 Å². The van der Waals surface area contributed by atoms with Gasteiger partial charge in [0, 0.05) is 12.6 Å². The van der Waals surface area contributed by atoms with E-state index in [1.165, 1.54) is 58.2 Å². The molecule has 3 unspecified atom stereocenters. The van der Waals surface area contributed by atoms with E-state index in [-0.39, 0.29) is 0 Å². The zero-order valence-corrected chi connectivity index (χ0v) is 15.1. The van der Waals surface area contributed by atoms with Crippen molar-refractivity contribution >= 4 is 0 Å². The number of rotatable bonds is 4. The van der Waals surface area contributed by atoms with E-state index in [4.69, 9.17) is 0 Å². The van der Waals surface area contributed by atoms with E-state index >= 15 is 0 Å². The SMILES string of the molecule is CNC1CCC(C(C)C)CC1CN1CCCC(C)(C)CC1. The highest BCUT2D eigenvalue weighted by Gasteiger charge is 2.33. The highest BCUT2D eigenvalue weighted by Crippen LogP contribution is 2.35. The summed E-state index contributed by atoms with van der Waals surface area (Å²) in [4.78, 5) is 2.77. The van der Waals surface area contributed by atoms with Crippen molar-refractivity contribution in [1.29, 1.82) is 0 Å². The third-order valence-electron chi connectivity index (χ3n) is 6.26. The lowest BCUT2D eigenvalue weighted by Gasteiger charge is -2.40. The van der Waals surface area contributed by atoms with Gasteiger partial charge in [-0.05, 0) is 81.8 Å². The molecule has 0 spiro atoms. The van der Waals surface area contributed by atoms with E-state index < -0.39 is 0 Å². The molecule has 1 N–H and O–H groups in total. The first-order valence-electron chi connectivity index (χ1n) is 9.31. The van der Waals surface area contributed by atoms with Gasteiger partial charge in [-0.15, -0.1) is 0 Å². The molecule has 0 aromatic carbocycles. The van der Waals surface area contributed by atoms with E-state index in [0.717, 1.165) is 23.8 Å². The lowest BCUT2D eigenvalue weighted by atomic mass is 9.73. The molecule has 3 atom stereocenters. The summed E-state index contributed by atoms with van der Waals surface area (Å²) in [6, 6.07) is 0.747. The monoisotopic (exact) mass is 294 g/mol. The van der Waals surface area contributed by atoms with E-state index in [9.17, 15) is 0 Å². The molecule has 1 heterocycles. The van der Waals surface area contributed by atoms with Crippen LogP contribution in [0, 0.1) is 23.2 Å². The zero-order chi connectivity index (χ0) is 15.5. The van der Waals surface area contributed by atoms with Gasteiger partial charge in [-0.1, -0.05) is 27.7 Å².